The number of aromatic nitrogens is 2. The van der Waals surface area contributed by atoms with Crippen LogP contribution in [0.5, 0.6) is 5.88 Å². The van der Waals surface area contributed by atoms with Crippen LogP contribution in [0.3, 0.4) is 0 Å². The Bertz CT molecular complexity index is 608. The van der Waals surface area contributed by atoms with Crippen LogP contribution in [0.4, 0.5) is 13.2 Å². The van der Waals surface area contributed by atoms with Crippen molar-refractivity contribution in [1.29, 1.82) is 0 Å². The Hall–Kier alpha value is -1.42. The zero-order valence-corrected chi connectivity index (χ0v) is 13.3. The third kappa shape index (κ3) is 3.67. The number of carbonyl (C=O) groups is 1. The predicted octanol–water partition coefficient (Wildman–Crippen LogP) is 2.64. The second kappa shape index (κ2) is 6.78. The van der Waals surface area contributed by atoms with Crippen LogP contribution >= 0.6 is 23.5 Å². The minimum absolute atomic E-state index is 0.0148. The molecule has 0 unspecified atom stereocenters. The Morgan fingerprint density at radius 1 is 1.55 bits per heavy atom. The molecule has 10 heteroatoms. The topological polar surface area (TPSA) is 55.3 Å². The van der Waals surface area contributed by atoms with Gasteiger partial charge in [-0.15, -0.1) is 11.8 Å². The van der Waals surface area contributed by atoms with Crippen LogP contribution in [0.25, 0.3) is 6.08 Å². The highest BCUT2D eigenvalue weighted by Gasteiger charge is 2.44. The van der Waals surface area contributed by atoms with Crippen molar-refractivity contribution in [1.82, 2.24) is 14.9 Å². The van der Waals surface area contributed by atoms with E-state index in [2.05, 4.69) is 9.97 Å². The normalized spacial score (nSPS) is 17.1. The zero-order chi connectivity index (χ0) is 16.3. The Labute approximate surface area is 133 Å². The summed E-state index contributed by atoms with van der Waals surface area (Å²) in [6.07, 6.45) is -0.208. The lowest BCUT2D eigenvalue weighted by Gasteiger charge is -2.18. The minimum atomic E-state index is -4.90. The summed E-state index contributed by atoms with van der Waals surface area (Å²) in [4.78, 5) is 20.3. The molecule has 1 amide bonds. The number of carbonyl (C=O) groups excluding carboxylic acids is 1. The largest absolute Gasteiger partial charge is 0.480 e. The Balaban J connectivity index is 2.34. The van der Waals surface area contributed by atoms with Crippen LogP contribution in [0.15, 0.2) is 16.4 Å². The third-order valence-corrected chi connectivity index (χ3v) is 4.31. The lowest BCUT2D eigenvalue weighted by atomic mass is 10.3. The van der Waals surface area contributed by atoms with Gasteiger partial charge in [-0.2, -0.15) is 18.2 Å². The highest BCUT2D eigenvalue weighted by atomic mass is 32.2. The first-order valence-corrected chi connectivity index (χ1v) is 8.26. The summed E-state index contributed by atoms with van der Waals surface area (Å²) in [5.74, 6) is -1.22. The van der Waals surface area contributed by atoms with Crippen molar-refractivity contribution in [2.75, 3.05) is 25.7 Å². The summed E-state index contributed by atoms with van der Waals surface area (Å²) < 4.78 is 42.8. The van der Waals surface area contributed by atoms with Gasteiger partial charge in [0.1, 0.15) is 0 Å². The number of methoxy groups -OCH3 is 1. The molecule has 0 N–H and O–H groups in total. The first-order valence-electron chi connectivity index (χ1n) is 6.05. The van der Waals surface area contributed by atoms with Crippen LogP contribution < -0.4 is 4.74 Å². The van der Waals surface area contributed by atoms with Crippen LogP contribution in [0, 0.1) is 0 Å². The van der Waals surface area contributed by atoms with E-state index in [9.17, 15) is 18.0 Å². The molecule has 0 radical (unpaired) electrons. The molecule has 1 fully saturated rings. The first kappa shape index (κ1) is 16.9. The second-order valence-corrected chi connectivity index (χ2v) is 6.00. The minimum Gasteiger partial charge on any atom is -0.480 e. The number of amides is 1. The van der Waals surface area contributed by atoms with Gasteiger partial charge in [0.2, 0.25) is 5.88 Å². The number of hydrogen-bond donors (Lipinski definition) is 0. The van der Waals surface area contributed by atoms with E-state index >= 15 is 0 Å². The molecular weight excluding hydrogens is 339 g/mol. The molecule has 0 bridgehead atoms. The molecule has 1 aliphatic rings. The Kier molecular flexibility index (Phi) is 5.22. The van der Waals surface area contributed by atoms with Crippen molar-refractivity contribution in [2.24, 2.45) is 0 Å². The van der Waals surface area contributed by atoms with Crippen LogP contribution in [0.2, 0.25) is 0 Å². The van der Waals surface area contributed by atoms with Crippen LogP contribution in [0.1, 0.15) is 5.56 Å². The molecule has 0 atom stereocenters. The molecule has 5 nitrogen and oxygen atoms in total. The fourth-order valence-corrected chi connectivity index (χ4v) is 3.11. The van der Waals surface area contributed by atoms with E-state index in [1.54, 1.807) is 6.26 Å². The van der Waals surface area contributed by atoms with E-state index in [1.165, 1.54) is 42.9 Å². The maximum absolute atomic E-state index is 12.6. The quantitative estimate of drug-likeness (QED) is 0.616. The molecule has 1 aliphatic heterocycles. The average molecular weight is 351 g/mol. The molecule has 1 saturated heterocycles. The van der Waals surface area contributed by atoms with Gasteiger partial charge in [-0.1, -0.05) is 11.8 Å². The standard InChI is InChI=1S/C12H12F3N3O2S2/c1-20-9-7(6-16-11(17-9)21-2)5-8-18(3-4-22-8)10(19)12(13,14)15/h5-6H,3-4H2,1-2H3/b8-5+. The summed E-state index contributed by atoms with van der Waals surface area (Å²) in [5, 5.41) is 0.697. The van der Waals surface area contributed by atoms with Gasteiger partial charge in [0, 0.05) is 18.5 Å². The van der Waals surface area contributed by atoms with Gasteiger partial charge in [-0.3, -0.25) is 9.69 Å². The number of halogens is 3. The monoisotopic (exact) mass is 351 g/mol. The second-order valence-electron chi connectivity index (χ2n) is 4.11. The van der Waals surface area contributed by atoms with Gasteiger partial charge < -0.3 is 4.74 Å². The number of alkyl halides is 3. The van der Waals surface area contributed by atoms with Crippen molar-refractivity contribution >= 4 is 35.5 Å². The molecule has 1 aromatic heterocycles. The van der Waals surface area contributed by atoms with Gasteiger partial charge in [0.15, 0.2) is 5.16 Å². The fourth-order valence-electron chi connectivity index (χ4n) is 1.76. The lowest BCUT2D eigenvalue weighted by molar-refractivity contribution is -0.182. The Morgan fingerprint density at radius 2 is 2.27 bits per heavy atom. The zero-order valence-electron chi connectivity index (χ0n) is 11.7. The number of thioether (sulfide) groups is 2. The molecule has 0 spiro atoms. The number of nitrogens with zero attached hydrogens (tertiary/aromatic N) is 3. The summed E-state index contributed by atoms with van der Waals surface area (Å²) in [6.45, 7) is 0.0148. The lowest BCUT2D eigenvalue weighted by Crippen LogP contribution is -2.38. The first-order chi connectivity index (χ1) is 10.4. The van der Waals surface area contributed by atoms with E-state index in [1.807, 2.05) is 0 Å². The van der Waals surface area contributed by atoms with E-state index in [4.69, 9.17) is 4.74 Å². The van der Waals surface area contributed by atoms with Gasteiger partial charge >= 0.3 is 12.1 Å². The van der Waals surface area contributed by atoms with Gasteiger partial charge in [0.25, 0.3) is 0 Å². The third-order valence-electron chi connectivity index (χ3n) is 2.73. The molecule has 2 heterocycles. The molecular formula is C12H12F3N3O2S2. The van der Waals surface area contributed by atoms with Gasteiger partial charge in [-0.25, -0.2) is 4.98 Å². The Morgan fingerprint density at radius 3 is 2.86 bits per heavy atom. The molecule has 2 rings (SSSR count). The number of rotatable bonds is 3. The van der Waals surface area contributed by atoms with E-state index in [0.29, 0.717) is 21.4 Å². The van der Waals surface area contributed by atoms with Gasteiger partial charge in [-0.05, 0) is 12.3 Å². The summed E-state index contributed by atoms with van der Waals surface area (Å²) in [6, 6.07) is 0. The number of ether oxygens (including phenoxy) is 1. The molecule has 0 aromatic carbocycles. The summed E-state index contributed by atoms with van der Waals surface area (Å²) >= 11 is 2.49. The van der Waals surface area contributed by atoms with E-state index in [-0.39, 0.29) is 17.5 Å². The number of hydrogen-bond acceptors (Lipinski definition) is 6. The fraction of sp³-hybridized carbons (Fsp3) is 0.417. The maximum Gasteiger partial charge on any atom is 0.471 e. The van der Waals surface area contributed by atoms with Crippen LogP contribution in [-0.4, -0.2) is 52.6 Å². The van der Waals surface area contributed by atoms with Gasteiger partial charge in [0.05, 0.1) is 17.7 Å². The molecule has 120 valence electrons. The van der Waals surface area contributed by atoms with Crippen molar-refractivity contribution < 1.29 is 22.7 Å². The highest BCUT2D eigenvalue weighted by Crippen LogP contribution is 2.34. The summed E-state index contributed by atoms with van der Waals surface area (Å²) in [7, 11) is 1.41. The van der Waals surface area contributed by atoms with Crippen LogP contribution in [-0.2, 0) is 4.79 Å². The highest BCUT2D eigenvalue weighted by molar-refractivity contribution is 8.03. The predicted molar refractivity (Wildman–Crippen MR) is 78.6 cm³/mol. The van der Waals surface area contributed by atoms with E-state index < -0.39 is 12.1 Å². The molecule has 0 saturated carbocycles. The molecule has 22 heavy (non-hydrogen) atoms. The maximum atomic E-state index is 12.6. The summed E-state index contributed by atoms with van der Waals surface area (Å²) in [5.41, 5.74) is 0.421. The van der Waals surface area contributed by atoms with Crippen molar-refractivity contribution in [3.8, 4) is 5.88 Å². The van der Waals surface area contributed by atoms with Crippen molar-refractivity contribution in [2.45, 2.75) is 11.3 Å². The SMILES string of the molecule is COc1nc(SC)ncc1/C=C1/SCCN1C(=O)C(F)(F)F. The van der Waals surface area contributed by atoms with Crippen molar-refractivity contribution in [3.63, 3.8) is 0 Å². The smallest absolute Gasteiger partial charge is 0.471 e. The average Bonchev–Trinajstić information content (AvgIpc) is 2.93. The molecule has 1 aromatic rings. The van der Waals surface area contributed by atoms with Crippen molar-refractivity contribution in [3.05, 3.63) is 16.8 Å². The molecule has 0 aliphatic carbocycles. The van der Waals surface area contributed by atoms with E-state index in [0.717, 1.165) is 0 Å².